The topological polar surface area (TPSA) is 43.9 Å². The van der Waals surface area contributed by atoms with Gasteiger partial charge in [0.25, 0.3) is 0 Å². The number of hydrogen-bond donors (Lipinski definition) is 0. The number of nitrogens with zero attached hydrogens (tertiary/aromatic N) is 3. The van der Waals surface area contributed by atoms with Crippen LogP contribution >= 0.6 is 15.9 Å². The Balaban J connectivity index is 2.10. The fourth-order valence-electron chi connectivity index (χ4n) is 1.21. The summed E-state index contributed by atoms with van der Waals surface area (Å²) in [5.74, 6) is 1.81. The number of aryl methyl sites for hydroxylation is 1. The van der Waals surface area contributed by atoms with E-state index in [4.69, 9.17) is 4.42 Å². The molecular formula is C9H10BrN3O. The summed E-state index contributed by atoms with van der Waals surface area (Å²) in [6, 6.07) is 3.89. The maximum Gasteiger partial charge on any atom is 0.125 e. The first-order chi connectivity index (χ1) is 6.78. The molecule has 0 amide bonds. The van der Waals surface area contributed by atoms with Gasteiger partial charge in [-0.25, -0.2) is 4.68 Å². The quantitative estimate of drug-likeness (QED) is 0.790. The zero-order valence-electron chi connectivity index (χ0n) is 7.77. The van der Waals surface area contributed by atoms with Crippen molar-refractivity contribution < 1.29 is 4.42 Å². The van der Waals surface area contributed by atoms with Crippen LogP contribution < -0.4 is 0 Å². The lowest BCUT2D eigenvalue weighted by Gasteiger charge is -1.94. The molecule has 0 aliphatic carbocycles. The third-order valence-corrected chi connectivity index (χ3v) is 2.41. The van der Waals surface area contributed by atoms with Gasteiger partial charge in [-0.3, -0.25) is 0 Å². The highest BCUT2D eigenvalue weighted by Gasteiger charge is 2.02. The Labute approximate surface area is 90.0 Å². The lowest BCUT2D eigenvalue weighted by Crippen LogP contribution is -1.98. The van der Waals surface area contributed by atoms with Crippen LogP contribution in [0.25, 0.3) is 0 Å². The van der Waals surface area contributed by atoms with Crippen LogP contribution in [-0.2, 0) is 11.9 Å². The predicted molar refractivity (Wildman–Crippen MR) is 55.2 cm³/mol. The fourth-order valence-corrected chi connectivity index (χ4v) is 1.46. The maximum absolute atomic E-state index is 5.43. The molecule has 0 saturated carbocycles. The normalized spacial score (nSPS) is 10.7. The van der Waals surface area contributed by atoms with Crippen LogP contribution in [0.1, 0.15) is 17.2 Å². The highest BCUT2D eigenvalue weighted by Crippen LogP contribution is 2.08. The van der Waals surface area contributed by atoms with E-state index in [1.165, 1.54) is 0 Å². The first-order valence-corrected chi connectivity index (χ1v) is 5.40. The molecule has 0 unspecified atom stereocenters. The van der Waals surface area contributed by atoms with Gasteiger partial charge in [-0.2, -0.15) is 0 Å². The SMILES string of the molecule is Cc1ccc(Cn2cc(CBr)nn2)o1. The summed E-state index contributed by atoms with van der Waals surface area (Å²) in [5.41, 5.74) is 0.924. The van der Waals surface area contributed by atoms with Gasteiger partial charge in [-0.15, -0.1) is 5.10 Å². The minimum Gasteiger partial charge on any atom is -0.464 e. The average molecular weight is 256 g/mol. The van der Waals surface area contributed by atoms with E-state index in [0.29, 0.717) is 6.54 Å². The lowest BCUT2D eigenvalue weighted by atomic mass is 10.4. The molecule has 74 valence electrons. The predicted octanol–water partition coefficient (Wildman–Crippen LogP) is 2.12. The van der Waals surface area contributed by atoms with Crippen molar-refractivity contribution in [2.24, 2.45) is 0 Å². The Morgan fingerprint density at radius 1 is 1.50 bits per heavy atom. The lowest BCUT2D eigenvalue weighted by molar-refractivity contribution is 0.455. The highest BCUT2D eigenvalue weighted by molar-refractivity contribution is 9.08. The average Bonchev–Trinajstić information content (AvgIpc) is 2.76. The molecule has 0 aliphatic heterocycles. The summed E-state index contributed by atoms with van der Waals surface area (Å²) in [4.78, 5) is 0. The summed E-state index contributed by atoms with van der Waals surface area (Å²) >= 11 is 3.32. The minimum atomic E-state index is 0.633. The van der Waals surface area contributed by atoms with Gasteiger partial charge in [-0.1, -0.05) is 21.1 Å². The molecule has 0 bridgehead atoms. The van der Waals surface area contributed by atoms with Crippen LogP contribution in [0.15, 0.2) is 22.7 Å². The number of alkyl halides is 1. The first kappa shape index (κ1) is 9.45. The van der Waals surface area contributed by atoms with E-state index in [9.17, 15) is 0 Å². The molecule has 14 heavy (non-hydrogen) atoms. The summed E-state index contributed by atoms with van der Waals surface area (Å²) in [7, 11) is 0. The van der Waals surface area contributed by atoms with Crippen LogP contribution in [0.3, 0.4) is 0 Å². The molecule has 2 rings (SSSR count). The van der Waals surface area contributed by atoms with E-state index in [0.717, 1.165) is 22.5 Å². The van der Waals surface area contributed by atoms with Crippen LogP contribution in [0.2, 0.25) is 0 Å². The molecule has 0 aliphatic rings. The van der Waals surface area contributed by atoms with Crippen LogP contribution in [0, 0.1) is 6.92 Å². The number of rotatable bonds is 3. The van der Waals surface area contributed by atoms with Gasteiger partial charge < -0.3 is 4.42 Å². The van der Waals surface area contributed by atoms with Gasteiger partial charge in [0, 0.05) is 11.5 Å². The Hall–Kier alpha value is -1.10. The Morgan fingerprint density at radius 2 is 2.36 bits per heavy atom. The van der Waals surface area contributed by atoms with Crippen molar-refractivity contribution in [3.63, 3.8) is 0 Å². The molecular weight excluding hydrogens is 246 g/mol. The summed E-state index contributed by atoms with van der Waals surface area (Å²) in [6.45, 7) is 2.56. The van der Waals surface area contributed by atoms with Crippen molar-refractivity contribution >= 4 is 15.9 Å². The van der Waals surface area contributed by atoms with Crippen molar-refractivity contribution in [3.8, 4) is 0 Å². The third-order valence-electron chi connectivity index (χ3n) is 1.84. The number of halogens is 1. The molecule has 0 saturated heterocycles. The van der Waals surface area contributed by atoms with E-state index in [1.807, 2.05) is 25.3 Å². The smallest absolute Gasteiger partial charge is 0.125 e. The Bertz CT molecular complexity index is 421. The molecule has 5 heteroatoms. The largest absolute Gasteiger partial charge is 0.464 e. The van der Waals surface area contributed by atoms with E-state index in [1.54, 1.807) is 4.68 Å². The van der Waals surface area contributed by atoms with Gasteiger partial charge in [0.1, 0.15) is 18.1 Å². The Kier molecular flexibility index (Phi) is 2.67. The van der Waals surface area contributed by atoms with E-state index in [2.05, 4.69) is 26.2 Å². The molecule has 0 atom stereocenters. The summed E-state index contributed by atoms with van der Waals surface area (Å²) < 4.78 is 7.19. The Morgan fingerprint density at radius 3 is 2.93 bits per heavy atom. The first-order valence-electron chi connectivity index (χ1n) is 4.28. The summed E-state index contributed by atoms with van der Waals surface area (Å²) in [6.07, 6.45) is 1.90. The van der Waals surface area contributed by atoms with Gasteiger partial charge in [0.2, 0.25) is 0 Å². The molecule has 0 radical (unpaired) electrons. The zero-order chi connectivity index (χ0) is 9.97. The molecule has 2 heterocycles. The molecule has 2 aromatic rings. The van der Waals surface area contributed by atoms with E-state index >= 15 is 0 Å². The van der Waals surface area contributed by atoms with Gasteiger partial charge in [0.15, 0.2) is 0 Å². The van der Waals surface area contributed by atoms with Crippen molar-refractivity contribution in [3.05, 3.63) is 35.5 Å². The molecule has 0 fully saturated rings. The molecule has 4 nitrogen and oxygen atoms in total. The second-order valence-electron chi connectivity index (χ2n) is 3.05. The fraction of sp³-hybridized carbons (Fsp3) is 0.333. The molecule has 0 N–H and O–H groups in total. The second-order valence-corrected chi connectivity index (χ2v) is 3.61. The monoisotopic (exact) mass is 255 g/mol. The number of aromatic nitrogens is 3. The number of hydrogen-bond acceptors (Lipinski definition) is 3. The summed E-state index contributed by atoms with van der Waals surface area (Å²) in [5, 5.41) is 8.66. The minimum absolute atomic E-state index is 0.633. The molecule has 0 aromatic carbocycles. The van der Waals surface area contributed by atoms with Crippen molar-refractivity contribution in [1.82, 2.24) is 15.0 Å². The van der Waals surface area contributed by atoms with Crippen molar-refractivity contribution in [1.29, 1.82) is 0 Å². The number of furan rings is 1. The highest BCUT2D eigenvalue weighted by atomic mass is 79.9. The van der Waals surface area contributed by atoms with Crippen molar-refractivity contribution in [2.75, 3.05) is 0 Å². The standard InChI is InChI=1S/C9H10BrN3O/c1-7-2-3-9(14-7)6-13-5-8(4-10)11-12-13/h2-3,5H,4,6H2,1H3. The second kappa shape index (κ2) is 3.96. The van der Waals surface area contributed by atoms with Crippen LogP contribution in [0.5, 0.6) is 0 Å². The molecule has 0 spiro atoms. The maximum atomic E-state index is 5.43. The van der Waals surface area contributed by atoms with Gasteiger partial charge in [0.05, 0.1) is 5.69 Å². The van der Waals surface area contributed by atoms with Crippen molar-refractivity contribution in [2.45, 2.75) is 18.8 Å². The molecule has 2 aromatic heterocycles. The van der Waals surface area contributed by atoms with Gasteiger partial charge >= 0.3 is 0 Å². The van der Waals surface area contributed by atoms with E-state index < -0.39 is 0 Å². The van der Waals surface area contributed by atoms with E-state index in [-0.39, 0.29) is 0 Å². The van der Waals surface area contributed by atoms with Crippen LogP contribution in [0.4, 0.5) is 0 Å². The zero-order valence-corrected chi connectivity index (χ0v) is 9.36. The van der Waals surface area contributed by atoms with Crippen LogP contribution in [-0.4, -0.2) is 15.0 Å². The van der Waals surface area contributed by atoms with Gasteiger partial charge in [-0.05, 0) is 19.1 Å². The third kappa shape index (κ3) is 2.04.